The van der Waals surface area contributed by atoms with Crippen LogP contribution in [0.2, 0.25) is 0 Å². The van der Waals surface area contributed by atoms with Gasteiger partial charge in [-0.25, -0.2) is 4.98 Å². The summed E-state index contributed by atoms with van der Waals surface area (Å²) in [6.07, 6.45) is 5.94. The number of aromatic nitrogens is 2. The van der Waals surface area contributed by atoms with E-state index in [-0.39, 0.29) is 6.61 Å². The van der Waals surface area contributed by atoms with Crippen LogP contribution in [0.3, 0.4) is 0 Å². The molecule has 5 heteroatoms. The highest BCUT2D eigenvalue weighted by Crippen LogP contribution is 2.35. The van der Waals surface area contributed by atoms with Gasteiger partial charge in [0.2, 0.25) is 0 Å². The Morgan fingerprint density at radius 2 is 1.82 bits per heavy atom. The minimum absolute atomic E-state index is 0.0515. The van der Waals surface area contributed by atoms with Crippen molar-refractivity contribution in [2.24, 2.45) is 11.3 Å². The maximum atomic E-state index is 9.36. The molecule has 1 aromatic heterocycles. The van der Waals surface area contributed by atoms with E-state index in [4.69, 9.17) is 0 Å². The standard InChI is InChI=1S/C17H30N4O/c1-16(2,3)13-6-8-21(9-7-13)15-11-18-10-14(19-15)20-17(4,5)12-22/h10-11,13,22H,6-9,12H2,1-5H3,(H,19,20). The van der Waals surface area contributed by atoms with E-state index < -0.39 is 5.54 Å². The van der Waals surface area contributed by atoms with E-state index in [0.717, 1.165) is 30.6 Å². The van der Waals surface area contributed by atoms with Crippen molar-refractivity contribution in [1.82, 2.24) is 9.97 Å². The number of nitrogens with zero attached hydrogens (tertiary/aromatic N) is 3. The summed E-state index contributed by atoms with van der Waals surface area (Å²) in [5, 5.41) is 12.6. The fourth-order valence-electron chi connectivity index (χ4n) is 2.93. The molecule has 1 aromatic rings. The molecule has 0 atom stereocenters. The molecule has 0 aliphatic carbocycles. The van der Waals surface area contributed by atoms with Crippen molar-refractivity contribution in [2.75, 3.05) is 29.9 Å². The molecule has 22 heavy (non-hydrogen) atoms. The molecule has 1 aliphatic rings. The molecule has 124 valence electrons. The zero-order valence-electron chi connectivity index (χ0n) is 14.6. The van der Waals surface area contributed by atoms with Crippen LogP contribution in [0, 0.1) is 11.3 Å². The van der Waals surface area contributed by atoms with Crippen molar-refractivity contribution in [3.63, 3.8) is 0 Å². The highest BCUT2D eigenvalue weighted by atomic mass is 16.3. The second-order valence-corrected chi connectivity index (χ2v) is 8.06. The van der Waals surface area contributed by atoms with Gasteiger partial charge in [0, 0.05) is 13.1 Å². The quantitative estimate of drug-likeness (QED) is 0.895. The number of aliphatic hydroxyl groups is 1. The Bertz CT molecular complexity index is 488. The number of nitrogens with one attached hydrogen (secondary N) is 1. The normalized spacial score (nSPS) is 17.6. The topological polar surface area (TPSA) is 61.3 Å². The van der Waals surface area contributed by atoms with Gasteiger partial charge in [0.1, 0.15) is 11.6 Å². The molecule has 5 nitrogen and oxygen atoms in total. The molecule has 0 unspecified atom stereocenters. The van der Waals surface area contributed by atoms with Crippen LogP contribution >= 0.6 is 0 Å². The molecule has 0 bridgehead atoms. The molecule has 0 amide bonds. The molecule has 0 radical (unpaired) electrons. The maximum Gasteiger partial charge on any atom is 0.149 e. The van der Waals surface area contributed by atoms with Crippen molar-refractivity contribution in [3.05, 3.63) is 12.4 Å². The van der Waals surface area contributed by atoms with E-state index in [9.17, 15) is 5.11 Å². The van der Waals surface area contributed by atoms with Gasteiger partial charge >= 0.3 is 0 Å². The van der Waals surface area contributed by atoms with Crippen LogP contribution in [-0.4, -0.2) is 40.3 Å². The molecule has 0 spiro atoms. The van der Waals surface area contributed by atoms with Crippen LogP contribution in [0.25, 0.3) is 0 Å². The second-order valence-electron chi connectivity index (χ2n) is 8.06. The van der Waals surface area contributed by atoms with E-state index >= 15 is 0 Å². The smallest absolute Gasteiger partial charge is 0.149 e. The number of anilines is 2. The summed E-state index contributed by atoms with van der Waals surface area (Å²) >= 11 is 0. The first kappa shape index (κ1) is 17.0. The summed E-state index contributed by atoms with van der Waals surface area (Å²) in [4.78, 5) is 11.3. The lowest BCUT2D eigenvalue weighted by atomic mass is 9.75. The minimum atomic E-state index is -0.396. The number of piperidine rings is 1. The lowest BCUT2D eigenvalue weighted by Gasteiger charge is -2.39. The van der Waals surface area contributed by atoms with Gasteiger partial charge in [0.15, 0.2) is 0 Å². The summed E-state index contributed by atoms with van der Waals surface area (Å²) in [5.74, 6) is 2.41. The van der Waals surface area contributed by atoms with Crippen LogP contribution in [0.4, 0.5) is 11.6 Å². The first-order chi connectivity index (χ1) is 10.2. The average Bonchev–Trinajstić information content (AvgIpc) is 2.46. The Morgan fingerprint density at radius 1 is 1.18 bits per heavy atom. The van der Waals surface area contributed by atoms with Crippen molar-refractivity contribution in [2.45, 2.75) is 53.0 Å². The van der Waals surface area contributed by atoms with Crippen LogP contribution in [0.1, 0.15) is 47.5 Å². The average molecular weight is 306 g/mol. The van der Waals surface area contributed by atoms with Gasteiger partial charge in [-0.1, -0.05) is 20.8 Å². The highest BCUT2D eigenvalue weighted by Gasteiger charge is 2.29. The molecular weight excluding hydrogens is 276 g/mol. The first-order valence-corrected chi connectivity index (χ1v) is 8.17. The van der Waals surface area contributed by atoms with Crippen molar-refractivity contribution in [3.8, 4) is 0 Å². The molecule has 1 aliphatic heterocycles. The Morgan fingerprint density at radius 3 is 2.36 bits per heavy atom. The molecule has 0 aromatic carbocycles. The van der Waals surface area contributed by atoms with Gasteiger partial charge in [0.05, 0.1) is 24.5 Å². The van der Waals surface area contributed by atoms with Gasteiger partial charge in [-0.05, 0) is 38.0 Å². The van der Waals surface area contributed by atoms with E-state index in [0.29, 0.717) is 5.41 Å². The van der Waals surface area contributed by atoms with Gasteiger partial charge in [-0.3, -0.25) is 4.98 Å². The molecule has 2 N–H and O–H groups in total. The van der Waals surface area contributed by atoms with E-state index in [1.807, 2.05) is 20.0 Å². The molecule has 2 heterocycles. The fourth-order valence-corrected chi connectivity index (χ4v) is 2.93. The monoisotopic (exact) mass is 306 g/mol. The van der Waals surface area contributed by atoms with Crippen molar-refractivity contribution < 1.29 is 5.11 Å². The molecule has 0 saturated carbocycles. The first-order valence-electron chi connectivity index (χ1n) is 8.17. The second kappa shape index (κ2) is 6.41. The third-order valence-corrected chi connectivity index (χ3v) is 4.53. The van der Waals surface area contributed by atoms with Crippen LogP contribution in [0.5, 0.6) is 0 Å². The third-order valence-electron chi connectivity index (χ3n) is 4.53. The predicted octanol–water partition coefficient (Wildman–Crippen LogP) is 2.92. The number of aliphatic hydroxyl groups excluding tert-OH is 1. The Hall–Kier alpha value is -1.36. The summed E-state index contributed by atoms with van der Waals surface area (Å²) in [6, 6.07) is 0. The SMILES string of the molecule is CC(C)(CO)Nc1cncc(N2CCC(C(C)(C)C)CC2)n1. The summed E-state index contributed by atoms with van der Waals surface area (Å²) < 4.78 is 0. The largest absolute Gasteiger partial charge is 0.394 e. The Labute approximate surface area is 134 Å². The third kappa shape index (κ3) is 4.32. The number of rotatable bonds is 4. The van der Waals surface area contributed by atoms with Crippen LogP contribution in [-0.2, 0) is 0 Å². The molecule has 1 fully saturated rings. The summed E-state index contributed by atoms with van der Waals surface area (Å²) in [5.41, 5.74) is -0.0150. The fraction of sp³-hybridized carbons (Fsp3) is 0.765. The molecule has 1 saturated heterocycles. The van der Waals surface area contributed by atoms with Crippen LogP contribution in [0.15, 0.2) is 12.4 Å². The van der Waals surface area contributed by atoms with Crippen LogP contribution < -0.4 is 10.2 Å². The summed E-state index contributed by atoms with van der Waals surface area (Å²) in [6.45, 7) is 13.0. The number of hydrogen-bond acceptors (Lipinski definition) is 5. The van der Waals surface area contributed by atoms with Crippen molar-refractivity contribution >= 4 is 11.6 Å². The molecule has 2 rings (SSSR count). The lowest BCUT2D eigenvalue weighted by molar-refractivity contribution is 0.198. The van der Waals surface area contributed by atoms with Crippen molar-refractivity contribution in [1.29, 1.82) is 0 Å². The van der Waals surface area contributed by atoms with Gasteiger partial charge in [-0.2, -0.15) is 0 Å². The van der Waals surface area contributed by atoms with E-state index in [1.54, 1.807) is 6.20 Å². The zero-order valence-corrected chi connectivity index (χ0v) is 14.6. The summed E-state index contributed by atoms with van der Waals surface area (Å²) in [7, 11) is 0. The minimum Gasteiger partial charge on any atom is -0.394 e. The predicted molar refractivity (Wildman–Crippen MR) is 91.2 cm³/mol. The maximum absolute atomic E-state index is 9.36. The van der Waals surface area contributed by atoms with E-state index in [1.165, 1.54) is 12.8 Å². The Kier molecular flexibility index (Phi) is 4.95. The van der Waals surface area contributed by atoms with Gasteiger partial charge < -0.3 is 15.3 Å². The molecular formula is C17H30N4O. The van der Waals surface area contributed by atoms with E-state index in [2.05, 4.69) is 41.0 Å². The highest BCUT2D eigenvalue weighted by molar-refractivity contribution is 5.45. The lowest BCUT2D eigenvalue weighted by Crippen LogP contribution is -2.39. The Balaban J connectivity index is 2.02. The van der Waals surface area contributed by atoms with Gasteiger partial charge in [0.25, 0.3) is 0 Å². The zero-order chi connectivity index (χ0) is 16.4. The van der Waals surface area contributed by atoms with Gasteiger partial charge in [-0.15, -0.1) is 0 Å². The number of hydrogen-bond donors (Lipinski definition) is 2.